The van der Waals surface area contributed by atoms with Crippen LogP contribution in [0.2, 0.25) is 0 Å². The molecule has 0 unspecified atom stereocenters. The quantitative estimate of drug-likeness (QED) is 0.682. The summed E-state index contributed by atoms with van der Waals surface area (Å²) >= 11 is 5.26. The molecule has 2 rings (SSSR count). The summed E-state index contributed by atoms with van der Waals surface area (Å²) in [5.74, 6) is -0.333. The number of anilines is 1. The van der Waals surface area contributed by atoms with Crippen LogP contribution in [-0.4, -0.2) is 17.6 Å². The highest BCUT2D eigenvalue weighted by atomic mass is 32.1. The van der Waals surface area contributed by atoms with Gasteiger partial charge in [-0.05, 0) is 49.3 Å². The van der Waals surface area contributed by atoms with E-state index in [4.69, 9.17) is 12.2 Å². The highest BCUT2D eigenvalue weighted by molar-refractivity contribution is 7.80. The maximum Gasteiger partial charge on any atom is 0.220 e. The third kappa shape index (κ3) is 3.73. The number of benzene rings is 1. The molecule has 102 valence electrons. The van der Waals surface area contributed by atoms with E-state index < -0.39 is 0 Å². The lowest BCUT2D eigenvalue weighted by molar-refractivity contribution is -0.106. The fraction of sp³-hybridized carbons (Fsp3) is 0.429. The van der Waals surface area contributed by atoms with Gasteiger partial charge in [-0.3, -0.25) is 9.69 Å². The molecule has 1 aliphatic rings. The Bertz CT molecular complexity index is 443. The van der Waals surface area contributed by atoms with Gasteiger partial charge >= 0.3 is 0 Å². The first-order valence-electron chi connectivity index (χ1n) is 6.51. The van der Waals surface area contributed by atoms with Gasteiger partial charge in [-0.25, -0.2) is 4.39 Å². The molecule has 1 N–H and O–H groups in total. The van der Waals surface area contributed by atoms with Crippen LogP contribution in [0.15, 0.2) is 24.3 Å². The van der Waals surface area contributed by atoms with E-state index in [2.05, 4.69) is 5.32 Å². The van der Waals surface area contributed by atoms with E-state index in [1.54, 1.807) is 12.1 Å². The van der Waals surface area contributed by atoms with E-state index >= 15 is 0 Å². The molecule has 0 radical (unpaired) electrons. The van der Waals surface area contributed by atoms with Gasteiger partial charge in [0.05, 0.1) is 5.69 Å². The molecular weight excluding hydrogens is 263 g/mol. The zero-order chi connectivity index (χ0) is 13.7. The summed E-state index contributed by atoms with van der Waals surface area (Å²) in [6.45, 7) is 0. The molecule has 3 nitrogen and oxygen atoms in total. The molecule has 0 bridgehead atoms. The van der Waals surface area contributed by atoms with Crippen LogP contribution in [0.25, 0.3) is 0 Å². The molecule has 1 aromatic rings. The zero-order valence-electron chi connectivity index (χ0n) is 10.6. The number of carbonyl (C=O) groups excluding carboxylic acids is 1. The van der Waals surface area contributed by atoms with Gasteiger partial charge in [-0.15, -0.1) is 0 Å². The topological polar surface area (TPSA) is 32.3 Å². The van der Waals surface area contributed by atoms with E-state index in [1.807, 2.05) is 0 Å². The first kappa shape index (κ1) is 13.9. The molecular formula is C14H17FN2OS. The van der Waals surface area contributed by atoms with Crippen molar-refractivity contribution in [2.24, 2.45) is 0 Å². The second-order valence-corrected chi connectivity index (χ2v) is 5.12. The van der Waals surface area contributed by atoms with Crippen molar-refractivity contribution in [3.8, 4) is 0 Å². The number of hydrogen-bond acceptors (Lipinski definition) is 2. The van der Waals surface area contributed by atoms with Crippen LogP contribution in [0.1, 0.15) is 32.1 Å². The number of thiocarbonyl (C=S) groups is 1. The van der Waals surface area contributed by atoms with E-state index in [0.717, 1.165) is 12.8 Å². The average Bonchev–Trinajstić information content (AvgIpc) is 2.43. The van der Waals surface area contributed by atoms with Gasteiger partial charge in [0.1, 0.15) is 5.82 Å². The molecule has 19 heavy (non-hydrogen) atoms. The smallest absolute Gasteiger partial charge is 0.220 e. The molecule has 1 amide bonds. The summed E-state index contributed by atoms with van der Waals surface area (Å²) in [6.07, 6.45) is 6.47. The third-order valence-corrected chi connectivity index (χ3v) is 3.68. The molecule has 5 heteroatoms. The van der Waals surface area contributed by atoms with Crippen molar-refractivity contribution in [1.82, 2.24) is 5.32 Å². The van der Waals surface area contributed by atoms with E-state index in [0.29, 0.717) is 23.3 Å². The fourth-order valence-electron chi connectivity index (χ4n) is 2.32. The molecule has 1 fully saturated rings. The minimum Gasteiger partial charge on any atom is -0.359 e. The van der Waals surface area contributed by atoms with Crippen molar-refractivity contribution in [1.29, 1.82) is 0 Å². The van der Waals surface area contributed by atoms with Gasteiger partial charge in [0.15, 0.2) is 5.11 Å². The zero-order valence-corrected chi connectivity index (χ0v) is 11.5. The molecule has 0 aliphatic heterocycles. The Morgan fingerprint density at radius 2 is 1.89 bits per heavy atom. The second-order valence-electron chi connectivity index (χ2n) is 4.74. The Morgan fingerprint density at radius 1 is 1.26 bits per heavy atom. The first-order valence-corrected chi connectivity index (χ1v) is 6.92. The summed E-state index contributed by atoms with van der Waals surface area (Å²) in [7, 11) is 0. The van der Waals surface area contributed by atoms with Crippen molar-refractivity contribution in [2.45, 2.75) is 38.1 Å². The highest BCUT2D eigenvalue weighted by Gasteiger charge is 2.18. The number of amides is 1. The Hall–Kier alpha value is -1.49. The second kappa shape index (κ2) is 6.61. The number of rotatable bonds is 3. The number of nitrogens with zero attached hydrogens (tertiary/aromatic N) is 1. The molecule has 1 saturated carbocycles. The summed E-state index contributed by atoms with van der Waals surface area (Å²) in [4.78, 5) is 12.5. The maximum atomic E-state index is 12.9. The van der Waals surface area contributed by atoms with Crippen LogP contribution in [-0.2, 0) is 4.79 Å². The van der Waals surface area contributed by atoms with Crippen LogP contribution >= 0.6 is 12.2 Å². The van der Waals surface area contributed by atoms with Gasteiger partial charge in [0.2, 0.25) is 6.41 Å². The highest BCUT2D eigenvalue weighted by Crippen LogP contribution is 2.19. The van der Waals surface area contributed by atoms with Crippen LogP contribution in [0.3, 0.4) is 0 Å². The van der Waals surface area contributed by atoms with Gasteiger partial charge in [0, 0.05) is 6.04 Å². The number of halogens is 1. The van der Waals surface area contributed by atoms with Gasteiger partial charge in [0.25, 0.3) is 0 Å². The Kier molecular flexibility index (Phi) is 4.85. The minimum atomic E-state index is -0.333. The molecule has 0 saturated heterocycles. The Labute approximate surface area is 117 Å². The van der Waals surface area contributed by atoms with Gasteiger partial charge in [-0.2, -0.15) is 0 Å². The predicted molar refractivity (Wildman–Crippen MR) is 77.5 cm³/mol. The van der Waals surface area contributed by atoms with Crippen LogP contribution < -0.4 is 10.2 Å². The standard InChI is InChI=1S/C14H17FN2OS/c15-11-6-8-13(9-7-11)17(10-18)14(19)16-12-4-2-1-3-5-12/h6-10,12H,1-5H2,(H,16,19). The molecule has 0 spiro atoms. The van der Waals surface area contributed by atoms with Crippen LogP contribution in [0.5, 0.6) is 0 Å². The SMILES string of the molecule is O=CN(C(=S)NC1CCCCC1)c1ccc(F)cc1. The lowest BCUT2D eigenvalue weighted by atomic mass is 9.96. The summed E-state index contributed by atoms with van der Waals surface area (Å²) in [5, 5.41) is 3.60. The monoisotopic (exact) mass is 280 g/mol. The minimum absolute atomic E-state index is 0.333. The summed E-state index contributed by atoms with van der Waals surface area (Å²) < 4.78 is 12.9. The van der Waals surface area contributed by atoms with E-state index in [-0.39, 0.29) is 5.82 Å². The largest absolute Gasteiger partial charge is 0.359 e. The van der Waals surface area contributed by atoms with Crippen molar-refractivity contribution in [3.05, 3.63) is 30.1 Å². The maximum absolute atomic E-state index is 12.9. The molecule has 0 atom stereocenters. The van der Waals surface area contributed by atoms with E-state index in [9.17, 15) is 9.18 Å². The van der Waals surface area contributed by atoms with Crippen molar-refractivity contribution in [2.75, 3.05) is 4.90 Å². The average molecular weight is 280 g/mol. The summed E-state index contributed by atoms with van der Waals surface area (Å²) in [6, 6.07) is 6.05. The van der Waals surface area contributed by atoms with Gasteiger partial charge < -0.3 is 5.32 Å². The number of carbonyl (C=O) groups is 1. The van der Waals surface area contributed by atoms with E-state index in [1.165, 1.54) is 36.3 Å². The fourth-order valence-corrected chi connectivity index (χ4v) is 2.63. The Balaban J connectivity index is 2.02. The molecule has 0 heterocycles. The predicted octanol–water partition coefficient (Wildman–Crippen LogP) is 3.00. The lowest BCUT2D eigenvalue weighted by Gasteiger charge is -2.27. The van der Waals surface area contributed by atoms with Crippen LogP contribution in [0, 0.1) is 5.82 Å². The number of hydrogen-bond donors (Lipinski definition) is 1. The molecule has 0 aromatic heterocycles. The Morgan fingerprint density at radius 3 is 2.47 bits per heavy atom. The first-order chi connectivity index (χ1) is 9.20. The third-order valence-electron chi connectivity index (χ3n) is 3.36. The lowest BCUT2D eigenvalue weighted by Crippen LogP contribution is -2.45. The van der Waals surface area contributed by atoms with Crippen molar-refractivity contribution < 1.29 is 9.18 Å². The van der Waals surface area contributed by atoms with Crippen LogP contribution in [0.4, 0.5) is 10.1 Å². The summed E-state index contributed by atoms with van der Waals surface area (Å²) in [5.41, 5.74) is 0.574. The van der Waals surface area contributed by atoms with Gasteiger partial charge in [-0.1, -0.05) is 19.3 Å². The normalized spacial score (nSPS) is 15.8. The van der Waals surface area contributed by atoms with Crippen molar-refractivity contribution in [3.63, 3.8) is 0 Å². The molecule has 1 aliphatic carbocycles. The molecule has 1 aromatic carbocycles. The number of nitrogens with one attached hydrogen (secondary N) is 1. The van der Waals surface area contributed by atoms with Crippen molar-refractivity contribution >= 4 is 29.4 Å².